The van der Waals surface area contributed by atoms with Crippen LogP contribution in [0.25, 0.3) is 0 Å². The zero-order valence-electron chi connectivity index (χ0n) is 9.84. The van der Waals surface area contributed by atoms with Crippen molar-refractivity contribution in [3.8, 4) is 6.07 Å². The van der Waals surface area contributed by atoms with E-state index in [1.807, 2.05) is 0 Å². The van der Waals surface area contributed by atoms with E-state index in [1.54, 1.807) is 18.4 Å². The number of methoxy groups -OCH3 is 1. The number of anilines is 1. The quantitative estimate of drug-likeness (QED) is 0.830. The molecular formula is C10H12N2O4S2. The number of ether oxygens (including phenoxy) is 1. The highest BCUT2D eigenvalue weighted by Crippen LogP contribution is 2.25. The molecule has 1 atom stereocenters. The van der Waals surface area contributed by atoms with Gasteiger partial charge in [0, 0.05) is 0 Å². The molecule has 1 N–H and O–H groups in total. The normalized spacial score (nSPS) is 12.5. The molecule has 0 fully saturated rings. The van der Waals surface area contributed by atoms with Gasteiger partial charge in [-0.05, 0) is 17.9 Å². The molecule has 1 heterocycles. The van der Waals surface area contributed by atoms with Crippen molar-refractivity contribution in [1.82, 2.24) is 0 Å². The number of thiophene rings is 1. The molecule has 1 aromatic rings. The van der Waals surface area contributed by atoms with Gasteiger partial charge in [-0.15, -0.1) is 11.3 Å². The molecule has 0 amide bonds. The monoisotopic (exact) mass is 288 g/mol. The molecule has 0 bridgehead atoms. The predicted octanol–water partition coefficient (Wildman–Crippen LogP) is 1.58. The highest BCUT2D eigenvalue weighted by Gasteiger charge is 2.26. The van der Waals surface area contributed by atoms with Gasteiger partial charge in [0.25, 0.3) is 0 Å². The van der Waals surface area contributed by atoms with Crippen LogP contribution in [-0.2, 0) is 14.8 Å². The first-order chi connectivity index (χ1) is 8.46. The van der Waals surface area contributed by atoms with Gasteiger partial charge < -0.3 is 4.74 Å². The van der Waals surface area contributed by atoms with E-state index in [0.29, 0.717) is 0 Å². The molecule has 1 rings (SSSR count). The highest BCUT2D eigenvalue weighted by molar-refractivity contribution is 7.93. The van der Waals surface area contributed by atoms with E-state index in [4.69, 9.17) is 5.26 Å². The Bertz CT molecular complexity index is 571. The molecule has 0 radical (unpaired) electrons. The standard InChI is InChI=1S/C10H12N2O4S2/c1-3-7(6-11)18(14,15)12-8-4-5-17-9(8)10(13)16-2/h4-5,7,12H,3H2,1-2H3. The zero-order valence-corrected chi connectivity index (χ0v) is 11.5. The van der Waals surface area contributed by atoms with E-state index < -0.39 is 21.2 Å². The van der Waals surface area contributed by atoms with Crippen molar-refractivity contribution in [1.29, 1.82) is 5.26 Å². The van der Waals surface area contributed by atoms with Crippen molar-refractivity contribution in [2.75, 3.05) is 11.8 Å². The maximum absolute atomic E-state index is 11.8. The first-order valence-electron chi connectivity index (χ1n) is 5.03. The Morgan fingerprint density at radius 2 is 2.33 bits per heavy atom. The summed E-state index contributed by atoms with van der Waals surface area (Å²) >= 11 is 1.07. The fourth-order valence-electron chi connectivity index (χ4n) is 1.24. The summed E-state index contributed by atoms with van der Waals surface area (Å²) in [6, 6.07) is 3.16. The average molecular weight is 288 g/mol. The summed E-state index contributed by atoms with van der Waals surface area (Å²) in [4.78, 5) is 11.5. The third-order valence-electron chi connectivity index (χ3n) is 2.18. The van der Waals surface area contributed by atoms with Crippen LogP contribution in [0, 0.1) is 11.3 Å². The van der Waals surface area contributed by atoms with Crippen molar-refractivity contribution in [2.24, 2.45) is 0 Å². The summed E-state index contributed by atoms with van der Waals surface area (Å²) in [6.07, 6.45) is 0.170. The minimum atomic E-state index is -3.82. The molecule has 18 heavy (non-hydrogen) atoms. The van der Waals surface area contributed by atoms with Gasteiger partial charge in [-0.1, -0.05) is 6.92 Å². The van der Waals surface area contributed by atoms with Crippen molar-refractivity contribution in [3.05, 3.63) is 16.3 Å². The maximum Gasteiger partial charge on any atom is 0.350 e. The van der Waals surface area contributed by atoms with Crippen LogP contribution in [0.15, 0.2) is 11.4 Å². The van der Waals surface area contributed by atoms with Gasteiger partial charge in [-0.25, -0.2) is 13.2 Å². The van der Waals surface area contributed by atoms with Gasteiger partial charge in [0.05, 0.1) is 18.9 Å². The molecule has 0 aliphatic carbocycles. The van der Waals surface area contributed by atoms with Gasteiger partial charge in [0.1, 0.15) is 4.88 Å². The number of nitrogens with one attached hydrogen (secondary N) is 1. The van der Waals surface area contributed by atoms with Gasteiger partial charge in [-0.2, -0.15) is 5.26 Å². The first-order valence-corrected chi connectivity index (χ1v) is 7.46. The number of rotatable bonds is 5. The van der Waals surface area contributed by atoms with E-state index in [1.165, 1.54) is 13.2 Å². The summed E-state index contributed by atoms with van der Waals surface area (Å²) < 4.78 is 30.5. The number of esters is 1. The number of nitriles is 1. The average Bonchev–Trinajstić information content (AvgIpc) is 2.76. The molecule has 1 aromatic heterocycles. The van der Waals surface area contributed by atoms with Crippen molar-refractivity contribution in [2.45, 2.75) is 18.6 Å². The van der Waals surface area contributed by atoms with Gasteiger partial charge in [0.2, 0.25) is 10.0 Å². The Balaban J connectivity index is 3.03. The van der Waals surface area contributed by atoms with E-state index in [2.05, 4.69) is 9.46 Å². The first kappa shape index (κ1) is 14.5. The Morgan fingerprint density at radius 1 is 1.67 bits per heavy atom. The molecule has 0 saturated heterocycles. The minimum Gasteiger partial charge on any atom is -0.465 e. The zero-order chi connectivity index (χ0) is 13.8. The second-order valence-corrected chi connectivity index (χ2v) is 6.11. The van der Waals surface area contributed by atoms with Crippen LogP contribution < -0.4 is 4.72 Å². The molecule has 0 saturated carbocycles. The van der Waals surface area contributed by atoms with Gasteiger partial charge >= 0.3 is 5.97 Å². The van der Waals surface area contributed by atoms with Crippen LogP contribution in [0.3, 0.4) is 0 Å². The largest absolute Gasteiger partial charge is 0.465 e. The molecule has 0 aromatic carbocycles. The molecule has 0 spiro atoms. The van der Waals surface area contributed by atoms with Crippen LogP contribution in [0.1, 0.15) is 23.0 Å². The van der Waals surface area contributed by atoms with E-state index >= 15 is 0 Å². The second kappa shape index (κ2) is 5.84. The molecule has 1 unspecified atom stereocenters. The molecule has 8 heteroatoms. The smallest absolute Gasteiger partial charge is 0.350 e. The van der Waals surface area contributed by atoms with Crippen LogP contribution in [-0.4, -0.2) is 26.7 Å². The third-order valence-corrected chi connectivity index (χ3v) is 4.76. The number of hydrogen-bond acceptors (Lipinski definition) is 6. The van der Waals surface area contributed by atoms with Gasteiger partial charge in [-0.3, -0.25) is 4.72 Å². The molecular weight excluding hydrogens is 276 g/mol. The van der Waals surface area contributed by atoms with Crippen molar-refractivity contribution in [3.63, 3.8) is 0 Å². The number of carbonyl (C=O) groups is 1. The Hall–Kier alpha value is -1.59. The topological polar surface area (TPSA) is 96.3 Å². The molecule has 0 aliphatic rings. The van der Waals surface area contributed by atoms with Crippen LogP contribution in [0.5, 0.6) is 0 Å². The second-order valence-electron chi connectivity index (χ2n) is 3.33. The van der Waals surface area contributed by atoms with Crippen LogP contribution in [0.2, 0.25) is 0 Å². The Labute approximate surface area is 109 Å². The molecule has 98 valence electrons. The number of nitrogens with zero attached hydrogens (tertiary/aromatic N) is 1. The third kappa shape index (κ3) is 3.00. The minimum absolute atomic E-state index is 0.139. The van der Waals surface area contributed by atoms with Crippen molar-refractivity contribution < 1.29 is 17.9 Å². The Kier molecular flexibility index (Phi) is 4.69. The number of sulfonamides is 1. The predicted molar refractivity (Wildman–Crippen MR) is 67.9 cm³/mol. The van der Waals surface area contributed by atoms with E-state index in [-0.39, 0.29) is 17.0 Å². The highest BCUT2D eigenvalue weighted by atomic mass is 32.2. The summed E-state index contributed by atoms with van der Waals surface area (Å²) in [6.45, 7) is 1.60. The fourth-order valence-corrected chi connectivity index (χ4v) is 3.27. The SMILES string of the molecule is CCC(C#N)S(=O)(=O)Nc1ccsc1C(=O)OC. The lowest BCUT2D eigenvalue weighted by Gasteiger charge is -2.10. The maximum atomic E-state index is 11.8. The number of carbonyl (C=O) groups excluding carboxylic acids is 1. The fraction of sp³-hybridized carbons (Fsp3) is 0.400. The number of hydrogen-bond donors (Lipinski definition) is 1. The summed E-state index contributed by atoms with van der Waals surface area (Å²) in [7, 11) is -2.61. The van der Waals surface area contributed by atoms with Crippen LogP contribution in [0.4, 0.5) is 5.69 Å². The Morgan fingerprint density at radius 3 is 2.83 bits per heavy atom. The van der Waals surface area contributed by atoms with Crippen LogP contribution >= 0.6 is 11.3 Å². The molecule has 0 aliphatic heterocycles. The van der Waals surface area contributed by atoms with E-state index in [9.17, 15) is 13.2 Å². The van der Waals surface area contributed by atoms with Gasteiger partial charge in [0.15, 0.2) is 5.25 Å². The lowest BCUT2D eigenvalue weighted by Crippen LogP contribution is -2.26. The lowest BCUT2D eigenvalue weighted by molar-refractivity contribution is 0.0607. The molecule has 6 nitrogen and oxygen atoms in total. The van der Waals surface area contributed by atoms with Crippen molar-refractivity contribution >= 4 is 33.0 Å². The summed E-state index contributed by atoms with van der Waals surface area (Å²) in [5.74, 6) is -0.618. The van der Waals surface area contributed by atoms with E-state index in [0.717, 1.165) is 11.3 Å². The lowest BCUT2D eigenvalue weighted by atomic mass is 10.4. The summed E-state index contributed by atoms with van der Waals surface area (Å²) in [5.41, 5.74) is 0.139. The summed E-state index contributed by atoms with van der Waals surface area (Å²) in [5, 5.41) is 9.17.